The normalized spacial score (nSPS) is 11.2. The van der Waals surface area contributed by atoms with Gasteiger partial charge in [-0.1, -0.05) is 29.4 Å². The van der Waals surface area contributed by atoms with Gasteiger partial charge < -0.3 is 14.9 Å². The highest BCUT2D eigenvalue weighted by atomic mass is 16.5. The maximum Gasteiger partial charge on any atom is 0.317 e. The van der Waals surface area contributed by atoms with Gasteiger partial charge in [0.2, 0.25) is 0 Å². The van der Waals surface area contributed by atoms with Gasteiger partial charge in [-0.2, -0.15) is 5.26 Å². The number of hydrogen-bond acceptors (Lipinski definition) is 8. The Morgan fingerprint density at radius 1 is 1.09 bits per heavy atom. The fraction of sp³-hybridized carbons (Fsp3) is 0.200. The lowest BCUT2D eigenvalue weighted by Crippen LogP contribution is -2.21. The maximum atomic E-state index is 10.6. The Balaban J connectivity index is 1.54. The van der Waals surface area contributed by atoms with Gasteiger partial charge in [-0.15, -0.1) is 0 Å². The molecule has 0 unspecified atom stereocenters. The summed E-state index contributed by atoms with van der Waals surface area (Å²) in [7, 11) is 0. The lowest BCUT2D eigenvalue weighted by Gasteiger charge is -2.15. The molecule has 0 saturated carbocycles. The highest BCUT2D eigenvalue weighted by Crippen LogP contribution is 2.28. The highest BCUT2D eigenvalue weighted by Gasteiger charge is 2.22. The minimum Gasteiger partial charge on any atom is -0.480 e. The van der Waals surface area contributed by atoms with Crippen LogP contribution in [0.25, 0.3) is 34.0 Å². The van der Waals surface area contributed by atoms with Crippen LogP contribution in [0.3, 0.4) is 0 Å². The van der Waals surface area contributed by atoms with E-state index in [2.05, 4.69) is 31.5 Å². The van der Waals surface area contributed by atoms with E-state index < -0.39 is 11.4 Å². The van der Waals surface area contributed by atoms with Crippen LogP contribution in [-0.4, -0.2) is 37.7 Å². The molecule has 0 fully saturated rings. The zero-order chi connectivity index (χ0) is 24.1. The number of pyridine rings is 1. The van der Waals surface area contributed by atoms with Crippen molar-refractivity contribution in [3.8, 4) is 40.0 Å². The summed E-state index contributed by atoms with van der Waals surface area (Å²) in [5.41, 5.74) is 4.37. The molecule has 0 saturated heterocycles. The van der Waals surface area contributed by atoms with Crippen LogP contribution in [0.2, 0.25) is 0 Å². The first-order valence-corrected chi connectivity index (χ1v) is 10.5. The van der Waals surface area contributed by atoms with Crippen molar-refractivity contribution >= 4 is 5.97 Å². The summed E-state index contributed by atoms with van der Waals surface area (Å²) in [5.74, 6) is -0.419. The van der Waals surface area contributed by atoms with Crippen molar-refractivity contribution < 1.29 is 14.4 Å². The summed E-state index contributed by atoms with van der Waals surface area (Å²) < 4.78 is 5.53. The van der Waals surface area contributed by atoms with E-state index >= 15 is 0 Å². The predicted octanol–water partition coefficient (Wildman–Crippen LogP) is 3.84. The number of carbonyl (C=O) groups is 1. The van der Waals surface area contributed by atoms with Crippen molar-refractivity contribution in [2.75, 3.05) is 6.54 Å². The molecule has 4 aromatic rings. The first-order chi connectivity index (χ1) is 16.4. The molecule has 0 aliphatic heterocycles. The summed E-state index contributed by atoms with van der Waals surface area (Å²) in [6, 6.07) is 15.3. The second-order valence-corrected chi connectivity index (χ2v) is 8.23. The molecule has 1 aromatic carbocycles. The third-order valence-corrected chi connectivity index (χ3v) is 5.23. The van der Waals surface area contributed by atoms with Gasteiger partial charge in [0.25, 0.3) is 0 Å². The molecule has 4 rings (SSSR count). The molecule has 0 aliphatic rings. The number of aromatic nitrogens is 4. The van der Waals surface area contributed by atoms with Gasteiger partial charge in [-0.25, -0.2) is 4.98 Å². The summed E-state index contributed by atoms with van der Waals surface area (Å²) in [5, 5.41) is 25.1. The number of nitriles is 1. The molecule has 0 atom stereocenters. The standard InChI is InChI=1S/C25H22N6O3/c1-25(2,15-26)23-9-18(7-8-29-23)20-12-28-13-21(30-20)22-10-19(31-34-22)17-5-3-16(4-6-17)11-27-14-24(32)33/h3-10,12-13,27H,11,14H2,1-2H3,(H,32,33). The van der Waals surface area contributed by atoms with Crippen LogP contribution in [-0.2, 0) is 16.8 Å². The van der Waals surface area contributed by atoms with Gasteiger partial charge in [0.15, 0.2) is 5.76 Å². The number of aliphatic carboxylic acids is 1. The van der Waals surface area contributed by atoms with Crippen LogP contribution in [0.5, 0.6) is 0 Å². The Kier molecular flexibility index (Phi) is 6.43. The molecule has 0 radical (unpaired) electrons. The molecule has 3 heterocycles. The van der Waals surface area contributed by atoms with Crippen LogP contribution in [0, 0.1) is 11.3 Å². The number of carboxylic acid groups (broad SMARTS) is 1. The molecular weight excluding hydrogens is 432 g/mol. The van der Waals surface area contributed by atoms with Crippen LogP contribution in [0.4, 0.5) is 0 Å². The Hall–Kier alpha value is -4.42. The first kappa shape index (κ1) is 22.8. The highest BCUT2D eigenvalue weighted by molar-refractivity contribution is 5.69. The van der Waals surface area contributed by atoms with Gasteiger partial charge in [-0.3, -0.25) is 14.8 Å². The number of rotatable bonds is 8. The zero-order valence-corrected chi connectivity index (χ0v) is 18.7. The van der Waals surface area contributed by atoms with E-state index in [1.807, 2.05) is 50.2 Å². The smallest absolute Gasteiger partial charge is 0.317 e. The number of hydrogen-bond donors (Lipinski definition) is 2. The molecule has 0 aliphatic carbocycles. The van der Waals surface area contributed by atoms with Crippen LogP contribution >= 0.6 is 0 Å². The Morgan fingerprint density at radius 2 is 1.85 bits per heavy atom. The molecule has 0 spiro atoms. The number of carboxylic acids is 1. The van der Waals surface area contributed by atoms with E-state index in [0.29, 0.717) is 35.1 Å². The third-order valence-electron chi connectivity index (χ3n) is 5.23. The fourth-order valence-electron chi connectivity index (χ4n) is 3.25. The third kappa shape index (κ3) is 5.14. The van der Waals surface area contributed by atoms with Crippen molar-refractivity contribution in [3.63, 3.8) is 0 Å². The first-order valence-electron chi connectivity index (χ1n) is 10.5. The molecule has 2 N–H and O–H groups in total. The van der Waals surface area contributed by atoms with E-state index in [1.165, 1.54) is 0 Å². The topological polar surface area (TPSA) is 138 Å². The van der Waals surface area contributed by atoms with Crippen LogP contribution < -0.4 is 5.32 Å². The number of nitrogens with one attached hydrogen (secondary N) is 1. The quantitative estimate of drug-likeness (QED) is 0.407. The fourth-order valence-corrected chi connectivity index (χ4v) is 3.25. The molecule has 9 nitrogen and oxygen atoms in total. The summed E-state index contributed by atoms with van der Waals surface area (Å²) in [6.07, 6.45) is 4.91. The second kappa shape index (κ2) is 9.60. The molecular formula is C25H22N6O3. The van der Waals surface area contributed by atoms with Crippen molar-refractivity contribution in [1.82, 2.24) is 25.4 Å². The van der Waals surface area contributed by atoms with Crippen molar-refractivity contribution in [3.05, 3.63) is 72.3 Å². The largest absolute Gasteiger partial charge is 0.480 e. The van der Waals surface area contributed by atoms with E-state index in [9.17, 15) is 10.1 Å². The molecule has 3 aromatic heterocycles. The van der Waals surface area contributed by atoms with E-state index in [1.54, 1.807) is 24.7 Å². The van der Waals surface area contributed by atoms with Crippen molar-refractivity contribution in [2.24, 2.45) is 0 Å². The molecule has 34 heavy (non-hydrogen) atoms. The molecule has 170 valence electrons. The zero-order valence-electron chi connectivity index (χ0n) is 18.7. The van der Waals surface area contributed by atoms with Gasteiger partial charge in [0, 0.05) is 29.9 Å². The van der Waals surface area contributed by atoms with Gasteiger partial charge in [0.1, 0.15) is 11.4 Å². The van der Waals surface area contributed by atoms with Gasteiger partial charge >= 0.3 is 5.97 Å². The maximum absolute atomic E-state index is 10.6. The Morgan fingerprint density at radius 3 is 2.59 bits per heavy atom. The van der Waals surface area contributed by atoms with E-state index in [-0.39, 0.29) is 6.54 Å². The molecule has 0 bridgehead atoms. The lowest BCUT2D eigenvalue weighted by molar-refractivity contribution is -0.136. The van der Waals surface area contributed by atoms with Gasteiger partial charge in [-0.05, 0) is 31.5 Å². The Bertz CT molecular complexity index is 1360. The van der Waals surface area contributed by atoms with E-state index in [0.717, 1.165) is 16.7 Å². The lowest BCUT2D eigenvalue weighted by atomic mass is 9.90. The van der Waals surface area contributed by atoms with E-state index in [4.69, 9.17) is 9.63 Å². The number of nitrogens with zero attached hydrogens (tertiary/aromatic N) is 5. The Labute approximate surface area is 196 Å². The molecule has 9 heteroatoms. The summed E-state index contributed by atoms with van der Waals surface area (Å²) in [6.45, 7) is 4.00. The minimum absolute atomic E-state index is 0.0919. The average Bonchev–Trinajstić information content (AvgIpc) is 3.35. The van der Waals surface area contributed by atoms with Gasteiger partial charge in [0.05, 0.1) is 41.8 Å². The molecule has 0 amide bonds. The SMILES string of the molecule is CC(C)(C#N)c1cc(-c2cncc(-c3cc(-c4ccc(CNCC(=O)O)cc4)no3)n2)ccn1. The monoisotopic (exact) mass is 454 g/mol. The number of benzene rings is 1. The van der Waals surface area contributed by atoms with Crippen molar-refractivity contribution in [1.29, 1.82) is 5.26 Å². The van der Waals surface area contributed by atoms with Crippen molar-refractivity contribution in [2.45, 2.75) is 25.8 Å². The second-order valence-electron chi connectivity index (χ2n) is 8.23. The van der Waals surface area contributed by atoms with Crippen LogP contribution in [0.15, 0.2) is 65.6 Å². The minimum atomic E-state index is -0.894. The predicted molar refractivity (Wildman–Crippen MR) is 124 cm³/mol. The van der Waals surface area contributed by atoms with Crippen LogP contribution in [0.1, 0.15) is 25.1 Å². The average molecular weight is 454 g/mol. The summed E-state index contributed by atoms with van der Waals surface area (Å²) >= 11 is 0. The summed E-state index contributed by atoms with van der Waals surface area (Å²) in [4.78, 5) is 23.9.